The second-order valence-electron chi connectivity index (χ2n) is 7.01. The van der Waals surface area contributed by atoms with Gasteiger partial charge in [-0.05, 0) is 60.7 Å². The number of rotatable bonds is 6. The quantitative estimate of drug-likeness (QED) is 0.302. The van der Waals surface area contributed by atoms with Gasteiger partial charge in [-0.3, -0.25) is 4.79 Å². The van der Waals surface area contributed by atoms with Crippen molar-refractivity contribution < 1.29 is 4.74 Å². The molecule has 5 aromatic rings. The van der Waals surface area contributed by atoms with E-state index in [1.165, 1.54) is 4.68 Å². The highest BCUT2D eigenvalue weighted by atomic mass is 35.5. The molecule has 162 valence electrons. The molecule has 0 radical (unpaired) electrons. The fourth-order valence-corrected chi connectivity index (χ4v) is 4.16. The van der Waals surface area contributed by atoms with Gasteiger partial charge in [0.2, 0.25) is 5.75 Å². The van der Waals surface area contributed by atoms with Gasteiger partial charge < -0.3 is 9.30 Å². The lowest BCUT2D eigenvalue weighted by atomic mass is 10.3. The lowest BCUT2D eigenvalue weighted by molar-refractivity contribution is 0.464. The van der Waals surface area contributed by atoms with E-state index < -0.39 is 5.56 Å². The number of nitrogens with zero attached hydrogens (tertiary/aromatic N) is 4. The van der Waals surface area contributed by atoms with Gasteiger partial charge in [0.15, 0.2) is 0 Å². The molecule has 0 saturated carbocycles. The monoisotopic (exact) mass is 472 g/mol. The fraction of sp³-hybridized carbons (Fsp3) is 0. The molecule has 0 aliphatic heterocycles. The van der Waals surface area contributed by atoms with E-state index in [0.717, 1.165) is 9.79 Å². The predicted molar refractivity (Wildman–Crippen MR) is 129 cm³/mol. The molecule has 2 heterocycles. The van der Waals surface area contributed by atoms with E-state index in [1.807, 2.05) is 42.5 Å². The summed E-state index contributed by atoms with van der Waals surface area (Å²) in [5.74, 6) is 0.682. The lowest BCUT2D eigenvalue weighted by Crippen LogP contribution is -2.23. The first-order valence-corrected chi connectivity index (χ1v) is 11.2. The number of hydrogen-bond donors (Lipinski definition) is 0. The molecule has 0 amide bonds. The number of ether oxygens (including phenoxy) is 1. The maximum atomic E-state index is 13.4. The third-order valence-electron chi connectivity index (χ3n) is 4.79. The van der Waals surface area contributed by atoms with Crippen LogP contribution in [0.4, 0.5) is 0 Å². The molecule has 0 fully saturated rings. The highest BCUT2D eigenvalue weighted by molar-refractivity contribution is 7.99. The van der Waals surface area contributed by atoms with Gasteiger partial charge in [-0.25, -0.2) is 4.98 Å². The van der Waals surface area contributed by atoms with Gasteiger partial charge in [0, 0.05) is 27.2 Å². The Kier molecular flexibility index (Phi) is 5.97. The van der Waals surface area contributed by atoms with Gasteiger partial charge in [0.1, 0.15) is 11.4 Å². The summed E-state index contributed by atoms with van der Waals surface area (Å²) in [7, 11) is 0. The van der Waals surface area contributed by atoms with Crippen LogP contribution < -0.4 is 10.3 Å². The highest BCUT2D eigenvalue weighted by Gasteiger charge is 2.17. The number of benzene rings is 3. The van der Waals surface area contributed by atoms with Crippen LogP contribution in [0, 0.1) is 0 Å². The second kappa shape index (κ2) is 9.36. The standard InChI is InChI=1S/C25H17ClN4O2S/c26-18-6-8-19(9-7-18)30-25(31)24(23(16-28-30)29-15-14-27-17-29)32-20-10-12-22(13-11-20)33-21-4-2-1-3-5-21/h1-17H. The van der Waals surface area contributed by atoms with Gasteiger partial charge in [0.25, 0.3) is 0 Å². The maximum absolute atomic E-state index is 13.4. The largest absolute Gasteiger partial charge is 0.449 e. The number of aromatic nitrogens is 4. The summed E-state index contributed by atoms with van der Waals surface area (Å²) < 4.78 is 9.07. The summed E-state index contributed by atoms with van der Waals surface area (Å²) in [4.78, 5) is 19.7. The van der Waals surface area contributed by atoms with Crippen LogP contribution in [0.15, 0.2) is 118 Å². The Bertz CT molecular complexity index is 1420. The van der Waals surface area contributed by atoms with Crippen LogP contribution in [0.2, 0.25) is 5.02 Å². The van der Waals surface area contributed by atoms with Crippen molar-refractivity contribution in [2.24, 2.45) is 0 Å². The van der Waals surface area contributed by atoms with Crippen molar-refractivity contribution in [2.45, 2.75) is 9.79 Å². The van der Waals surface area contributed by atoms with E-state index in [9.17, 15) is 4.79 Å². The minimum atomic E-state index is -0.397. The molecule has 2 aromatic heterocycles. The molecule has 0 atom stereocenters. The topological polar surface area (TPSA) is 61.9 Å². The van der Waals surface area contributed by atoms with Gasteiger partial charge in [0.05, 0.1) is 18.2 Å². The van der Waals surface area contributed by atoms with E-state index in [-0.39, 0.29) is 5.75 Å². The molecule has 0 unspecified atom stereocenters. The van der Waals surface area contributed by atoms with Crippen molar-refractivity contribution >= 4 is 23.4 Å². The molecular weight excluding hydrogens is 456 g/mol. The zero-order valence-electron chi connectivity index (χ0n) is 17.2. The Morgan fingerprint density at radius 1 is 0.879 bits per heavy atom. The van der Waals surface area contributed by atoms with Crippen LogP contribution in [0.5, 0.6) is 11.5 Å². The molecule has 3 aromatic carbocycles. The average Bonchev–Trinajstić information content (AvgIpc) is 3.38. The molecule has 0 N–H and O–H groups in total. The number of halogens is 1. The van der Waals surface area contributed by atoms with Crippen LogP contribution in [0.1, 0.15) is 0 Å². The molecule has 0 spiro atoms. The van der Waals surface area contributed by atoms with E-state index in [4.69, 9.17) is 16.3 Å². The molecule has 0 aliphatic rings. The van der Waals surface area contributed by atoms with Crippen molar-refractivity contribution in [1.82, 2.24) is 19.3 Å². The predicted octanol–water partition coefficient (Wildman–Crippen LogP) is 6.02. The molecule has 0 bridgehead atoms. The van der Waals surface area contributed by atoms with E-state index in [1.54, 1.807) is 65.5 Å². The van der Waals surface area contributed by atoms with E-state index in [2.05, 4.69) is 22.2 Å². The normalized spacial score (nSPS) is 10.8. The fourth-order valence-electron chi connectivity index (χ4n) is 3.20. The first kappa shape index (κ1) is 21.1. The molecule has 8 heteroatoms. The van der Waals surface area contributed by atoms with Crippen molar-refractivity contribution in [1.29, 1.82) is 0 Å². The van der Waals surface area contributed by atoms with E-state index >= 15 is 0 Å². The first-order valence-electron chi connectivity index (χ1n) is 10.0. The second-order valence-corrected chi connectivity index (χ2v) is 8.59. The van der Waals surface area contributed by atoms with Crippen molar-refractivity contribution in [2.75, 3.05) is 0 Å². The molecule has 33 heavy (non-hydrogen) atoms. The summed E-state index contributed by atoms with van der Waals surface area (Å²) in [6.45, 7) is 0. The van der Waals surface area contributed by atoms with Crippen LogP contribution in [0.25, 0.3) is 11.4 Å². The SMILES string of the molecule is O=c1c(Oc2ccc(Sc3ccccc3)cc2)c(-n2ccnc2)cnn1-c1ccc(Cl)cc1. The lowest BCUT2D eigenvalue weighted by Gasteiger charge is -2.13. The summed E-state index contributed by atoms with van der Waals surface area (Å²) in [5.41, 5.74) is 0.678. The van der Waals surface area contributed by atoms with Crippen molar-refractivity contribution in [3.63, 3.8) is 0 Å². The maximum Gasteiger partial charge on any atom is 0.316 e. The Hall–Kier alpha value is -3.81. The summed E-state index contributed by atoms with van der Waals surface area (Å²) in [6, 6.07) is 24.6. The third-order valence-corrected chi connectivity index (χ3v) is 6.06. The summed E-state index contributed by atoms with van der Waals surface area (Å²) >= 11 is 7.64. The van der Waals surface area contributed by atoms with Gasteiger partial charge >= 0.3 is 5.56 Å². The van der Waals surface area contributed by atoms with Crippen LogP contribution >= 0.6 is 23.4 Å². The number of hydrogen-bond acceptors (Lipinski definition) is 5. The van der Waals surface area contributed by atoms with Gasteiger partial charge in [-0.1, -0.05) is 41.6 Å². The third kappa shape index (κ3) is 4.69. The van der Waals surface area contributed by atoms with Crippen molar-refractivity contribution in [3.8, 4) is 22.9 Å². The average molecular weight is 473 g/mol. The highest BCUT2D eigenvalue weighted by Crippen LogP contribution is 2.31. The molecule has 6 nitrogen and oxygen atoms in total. The summed E-state index contributed by atoms with van der Waals surface area (Å²) in [5, 5.41) is 4.90. The molecule has 0 saturated heterocycles. The number of imidazole rings is 1. The van der Waals surface area contributed by atoms with Crippen LogP contribution in [-0.4, -0.2) is 19.3 Å². The summed E-state index contributed by atoms with van der Waals surface area (Å²) in [6.07, 6.45) is 6.53. The minimum Gasteiger partial charge on any atom is -0.449 e. The molecule has 0 aliphatic carbocycles. The van der Waals surface area contributed by atoms with Gasteiger partial charge in [-0.2, -0.15) is 9.78 Å². The zero-order chi connectivity index (χ0) is 22.6. The Morgan fingerprint density at radius 2 is 1.61 bits per heavy atom. The Labute approximate surface area is 199 Å². The first-order chi connectivity index (χ1) is 16.2. The Morgan fingerprint density at radius 3 is 2.30 bits per heavy atom. The zero-order valence-corrected chi connectivity index (χ0v) is 18.8. The Balaban J connectivity index is 1.50. The van der Waals surface area contributed by atoms with Crippen molar-refractivity contribution in [3.05, 3.63) is 119 Å². The molecule has 5 rings (SSSR count). The van der Waals surface area contributed by atoms with Crippen LogP contribution in [0.3, 0.4) is 0 Å². The minimum absolute atomic E-state index is 0.140. The smallest absolute Gasteiger partial charge is 0.316 e. The van der Waals surface area contributed by atoms with E-state index in [0.29, 0.717) is 22.1 Å². The van der Waals surface area contributed by atoms with Crippen LogP contribution in [-0.2, 0) is 0 Å². The molecular formula is C25H17ClN4O2S. The van der Waals surface area contributed by atoms with Gasteiger partial charge in [-0.15, -0.1) is 0 Å².